The third-order valence-corrected chi connectivity index (χ3v) is 5.74. The van der Waals surface area contributed by atoms with E-state index in [1.165, 1.54) is 6.42 Å². The Labute approximate surface area is 163 Å². The molecule has 3 aliphatic rings. The van der Waals surface area contributed by atoms with Crippen LogP contribution in [0.5, 0.6) is 11.5 Å². The van der Waals surface area contributed by atoms with Gasteiger partial charge in [-0.25, -0.2) is 4.79 Å². The lowest BCUT2D eigenvalue weighted by atomic mass is 9.94. The molecule has 1 aromatic heterocycles. The number of ether oxygens (including phenoxy) is 2. The van der Waals surface area contributed by atoms with Crippen molar-refractivity contribution >= 4 is 11.7 Å². The number of hydrogen-bond acceptors (Lipinski definition) is 6. The summed E-state index contributed by atoms with van der Waals surface area (Å²) in [5.74, 6) is 1.94. The maximum atomic E-state index is 12.9. The molecule has 0 unspecified atom stereocenters. The van der Waals surface area contributed by atoms with E-state index in [-0.39, 0.29) is 12.1 Å². The van der Waals surface area contributed by atoms with Crippen LogP contribution in [0.2, 0.25) is 0 Å². The van der Waals surface area contributed by atoms with E-state index in [1.54, 1.807) is 11.8 Å². The standard InChI is InChI=1S/C20H24N4O4/c1-13-22-23-18(26-13)15-6-5-11-24(15)19(25)21-14-7-8-16-17(12-14)28-20(27-16)9-3-2-4-10-20/h7-8,12,15H,2-6,9-11H2,1H3,(H,21,25)/t15-/m1/s1. The van der Waals surface area contributed by atoms with Crippen LogP contribution in [0, 0.1) is 6.92 Å². The van der Waals surface area contributed by atoms with E-state index in [0.717, 1.165) is 44.3 Å². The monoisotopic (exact) mass is 384 g/mol. The summed E-state index contributed by atoms with van der Waals surface area (Å²) in [4.78, 5) is 14.6. The number of aromatic nitrogens is 2. The quantitative estimate of drug-likeness (QED) is 0.835. The smallest absolute Gasteiger partial charge is 0.322 e. The van der Waals surface area contributed by atoms with Crippen LogP contribution in [0.25, 0.3) is 0 Å². The number of carbonyl (C=O) groups excluding carboxylic acids is 1. The van der Waals surface area contributed by atoms with Crippen molar-refractivity contribution in [3.8, 4) is 11.5 Å². The Morgan fingerprint density at radius 1 is 1.14 bits per heavy atom. The van der Waals surface area contributed by atoms with Gasteiger partial charge >= 0.3 is 6.03 Å². The summed E-state index contributed by atoms with van der Waals surface area (Å²) in [6.07, 6.45) is 6.99. The van der Waals surface area contributed by atoms with Crippen molar-refractivity contribution < 1.29 is 18.7 Å². The molecule has 28 heavy (non-hydrogen) atoms. The van der Waals surface area contributed by atoms with E-state index in [9.17, 15) is 4.79 Å². The topological polar surface area (TPSA) is 89.7 Å². The average molecular weight is 384 g/mol. The molecule has 3 heterocycles. The number of nitrogens with zero attached hydrogens (tertiary/aromatic N) is 3. The predicted octanol–water partition coefficient (Wildman–Crippen LogP) is 4.18. The second-order valence-electron chi connectivity index (χ2n) is 7.78. The van der Waals surface area contributed by atoms with Crippen LogP contribution in [0.1, 0.15) is 62.8 Å². The molecular weight excluding hydrogens is 360 g/mol. The molecule has 2 fully saturated rings. The van der Waals surface area contributed by atoms with Gasteiger partial charge in [0, 0.05) is 38.1 Å². The zero-order valence-electron chi connectivity index (χ0n) is 15.9. The summed E-state index contributed by atoms with van der Waals surface area (Å²) in [5, 5.41) is 10.9. The number of fused-ring (bicyclic) bond motifs is 1. The number of aryl methyl sites for hydroxylation is 1. The summed E-state index contributed by atoms with van der Waals surface area (Å²) >= 11 is 0. The van der Waals surface area contributed by atoms with E-state index < -0.39 is 5.79 Å². The number of anilines is 1. The van der Waals surface area contributed by atoms with Gasteiger partial charge in [0.15, 0.2) is 11.5 Å². The molecule has 1 aromatic carbocycles. The zero-order valence-corrected chi connectivity index (χ0v) is 15.9. The zero-order chi connectivity index (χ0) is 19.1. The Hall–Kier alpha value is -2.77. The lowest BCUT2D eigenvalue weighted by Gasteiger charge is -2.31. The SMILES string of the molecule is Cc1nnc([C@H]2CCCN2C(=O)Nc2ccc3c(c2)OC2(CCCCC2)O3)o1. The highest BCUT2D eigenvalue weighted by atomic mass is 16.7. The fraction of sp³-hybridized carbons (Fsp3) is 0.550. The number of nitrogens with one attached hydrogen (secondary N) is 1. The Bertz CT molecular complexity index is 890. The van der Waals surface area contributed by atoms with Crippen LogP contribution < -0.4 is 14.8 Å². The van der Waals surface area contributed by atoms with Gasteiger partial charge in [0.1, 0.15) is 6.04 Å². The highest BCUT2D eigenvalue weighted by Crippen LogP contribution is 2.46. The average Bonchev–Trinajstić information content (AvgIpc) is 3.39. The summed E-state index contributed by atoms with van der Waals surface area (Å²) in [7, 11) is 0. The number of carbonyl (C=O) groups is 1. The van der Waals surface area contributed by atoms with Crippen molar-refractivity contribution in [3.05, 3.63) is 30.0 Å². The molecule has 2 amide bonds. The molecule has 1 atom stereocenters. The second-order valence-corrected chi connectivity index (χ2v) is 7.78. The van der Waals surface area contributed by atoms with Crippen LogP contribution in [0.15, 0.2) is 22.6 Å². The molecule has 1 aliphatic carbocycles. The number of hydrogen-bond donors (Lipinski definition) is 1. The van der Waals surface area contributed by atoms with Gasteiger partial charge in [0.05, 0.1) is 0 Å². The normalized spacial score (nSPS) is 22.6. The van der Waals surface area contributed by atoms with E-state index in [2.05, 4.69) is 15.5 Å². The molecular formula is C20H24N4O4. The molecule has 8 heteroatoms. The van der Waals surface area contributed by atoms with Crippen LogP contribution in [0.3, 0.4) is 0 Å². The van der Waals surface area contributed by atoms with Crippen molar-refractivity contribution in [3.63, 3.8) is 0 Å². The Kier molecular flexibility index (Phi) is 4.14. The predicted molar refractivity (Wildman–Crippen MR) is 100 cm³/mol. The van der Waals surface area contributed by atoms with E-state index in [1.807, 2.05) is 18.2 Å². The van der Waals surface area contributed by atoms with Crippen LogP contribution in [-0.4, -0.2) is 33.5 Å². The molecule has 0 radical (unpaired) electrons. The highest BCUT2D eigenvalue weighted by Gasteiger charge is 2.42. The third kappa shape index (κ3) is 3.06. The summed E-state index contributed by atoms with van der Waals surface area (Å²) in [5.41, 5.74) is 0.688. The number of urea groups is 1. The summed E-state index contributed by atoms with van der Waals surface area (Å²) in [6.45, 7) is 2.41. The van der Waals surface area contributed by atoms with E-state index in [0.29, 0.717) is 29.8 Å². The molecule has 1 saturated heterocycles. The number of rotatable bonds is 2. The van der Waals surface area contributed by atoms with Gasteiger partial charge in [-0.1, -0.05) is 6.42 Å². The molecule has 1 spiro atoms. The van der Waals surface area contributed by atoms with Crippen molar-refractivity contribution in [2.45, 2.75) is 63.7 Å². The summed E-state index contributed by atoms with van der Waals surface area (Å²) in [6, 6.07) is 5.21. The first-order valence-electron chi connectivity index (χ1n) is 10.0. The van der Waals surface area contributed by atoms with Gasteiger partial charge < -0.3 is 24.1 Å². The molecule has 5 rings (SSSR count). The van der Waals surface area contributed by atoms with Gasteiger partial charge in [-0.15, -0.1) is 10.2 Å². The minimum Gasteiger partial charge on any atom is -0.448 e. The molecule has 1 saturated carbocycles. The maximum Gasteiger partial charge on any atom is 0.322 e. The highest BCUT2D eigenvalue weighted by molar-refractivity contribution is 5.90. The minimum atomic E-state index is -0.515. The Balaban J connectivity index is 1.29. The van der Waals surface area contributed by atoms with E-state index in [4.69, 9.17) is 13.9 Å². The third-order valence-electron chi connectivity index (χ3n) is 5.74. The van der Waals surface area contributed by atoms with Gasteiger partial charge in [-0.3, -0.25) is 0 Å². The first kappa shape index (κ1) is 17.3. The van der Waals surface area contributed by atoms with Crippen LogP contribution in [0.4, 0.5) is 10.5 Å². The number of likely N-dealkylation sites (tertiary alicyclic amines) is 1. The van der Waals surface area contributed by atoms with Gasteiger partial charge in [0.25, 0.3) is 5.79 Å². The second kappa shape index (κ2) is 6.68. The van der Waals surface area contributed by atoms with E-state index >= 15 is 0 Å². The minimum absolute atomic E-state index is 0.176. The fourth-order valence-electron chi connectivity index (χ4n) is 4.37. The molecule has 8 nitrogen and oxygen atoms in total. The Morgan fingerprint density at radius 3 is 2.75 bits per heavy atom. The molecule has 148 valence electrons. The van der Waals surface area contributed by atoms with Crippen LogP contribution in [-0.2, 0) is 0 Å². The van der Waals surface area contributed by atoms with Crippen molar-refractivity contribution in [1.29, 1.82) is 0 Å². The number of benzene rings is 1. The van der Waals surface area contributed by atoms with Crippen molar-refractivity contribution in [2.75, 3.05) is 11.9 Å². The first-order valence-corrected chi connectivity index (χ1v) is 10.0. The maximum absolute atomic E-state index is 12.9. The summed E-state index contributed by atoms with van der Waals surface area (Å²) < 4.78 is 17.8. The molecule has 1 N–H and O–H groups in total. The lowest BCUT2D eigenvalue weighted by Crippen LogP contribution is -2.40. The molecule has 2 aliphatic heterocycles. The fourth-order valence-corrected chi connectivity index (χ4v) is 4.37. The van der Waals surface area contributed by atoms with Crippen molar-refractivity contribution in [2.24, 2.45) is 0 Å². The first-order chi connectivity index (χ1) is 13.6. The van der Waals surface area contributed by atoms with Crippen LogP contribution >= 0.6 is 0 Å². The lowest BCUT2D eigenvalue weighted by molar-refractivity contribution is -0.105. The number of amides is 2. The van der Waals surface area contributed by atoms with Gasteiger partial charge in [-0.05, 0) is 37.8 Å². The molecule has 2 aromatic rings. The largest absolute Gasteiger partial charge is 0.448 e. The Morgan fingerprint density at radius 2 is 1.96 bits per heavy atom. The van der Waals surface area contributed by atoms with Gasteiger partial charge in [-0.2, -0.15) is 0 Å². The van der Waals surface area contributed by atoms with Crippen molar-refractivity contribution in [1.82, 2.24) is 15.1 Å². The van der Waals surface area contributed by atoms with Gasteiger partial charge in [0.2, 0.25) is 11.8 Å². The molecule has 0 bridgehead atoms.